The number of hydrogen-bond donors (Lipinski definition) is 2. The van der Waals surface area contributed by atoms with E-state index in [1.807, 2.05) is 0 Å². The van der Waals surface area contributed by atoms with Crippen molar-refractivity contribution in [3.8, 4) is 0 Å². The highest BCUT2D eigenvalue weighted by atomic mass is 19.4. The van der Waals surface area contributed by atoms with Crippen LogP contribution in [0.1, 0.15) is 49.0 Å². The first-order valence-electron chi connectivity index (χ1n) is 6.87. The number of anilines is 1. The third kappa shape index (κ3) is 3.49. The summed E-state index contributed by atoms with van der Waals surface area (Å²) in [6, 6.07) is 3.39. The first-order chi connectivity index (χ1) is 9.60. The summed E-state index contributed by atoms with van der Waals surface area (Å²) >= 11 is 0. The number of alkyl halides is 3. The van der Waals surface area contributed by atoms with E-state index in [1.54, 1.807) is 0 Å². The summed E-state index contributed by atoms with van der Waals surface area (Å²) in [6.07, 6.45) is -1.93. The number of halogens is 3. The van der Waals surface area contributed by atoms with E-state index in [0.29, 0.717) is 0 Å². The van der Waals surface area contributed by atoms with Gasteiger partial charge in [0.1, 0.15) is 0 Å². The standard InChI is InChI=1S/C15H19F3N2O/c1-14(2)7-6-9(8-14)20-13(21)10-4-3-5-11(12(10)19)15(16,17)18/h3-5,9H,6-8,19H2,1-2H3,(H,20,21). The largest absolute Gasteiger partial charge is 0.418 e. The average Bonchev–Trinajstić information content (AvgIpc) is 2.67. The van der Waals surface area contributed by atoms with Crippen molar-refractivity contribution in [2.45, 2.75) is 45.3 Å². The molecular formula is C15H19F3N2O. The summed E-state index contributed by atoms with van der Waals surface area (Å²) in [5.74, 6) is -0.540. The van der Waals surface area contributed by atoms with Gasteiger partial charge in [-0.3, -0.25) is 4.79 Å². The van der Waals surface area contributed by atoms with E-state index in [-0.39, 0.29) is 17.0 Å². The molecule has 0 heterocycles. The number of nitrogens with one attached hydrogen (secondary N) is 1. The molecule has 0 saturated heterocycles. The van der Waals surface area contributed by atoms with Crippen molar-refractivity contribution in [3.05, 3.63) is 29.3 Å². The van der Waals surface area contributed by atoms with Crippen molar-refractivity contribution >= 4 is 11.6 Å². The minimum atomic E-state index is -4.56. The highest BCUT2D eigenvalue weighted by molar-refractivity contribution is 6.00. The summed E-state index contributed by atoms with van der Waals surface area (Å²) in [5, 5.41) is 2.78. The van der Waals surface area contributed by atoms with Gasteiger partial charge < -0.3 is 11.1 Å². The van der Waals surface area contributed by atoms with E-state index in [0.717, 1.165) is 25.3 Å². The summed E-state index contributed by atoms with van der Waals surface area (Å²) < 4.78 is 38.4. The normalized spacial score (nSPS) is 21.3. The number of nitrogens with two attached hydrogens (primary N) is 1. The molecule has 21 heavy (non-hydrogen) atoms. The van der Waals surface area contributed by atoms with Crippen molar-refractivity contribution in [1.82, 2.24) is 5.32 Å². The van der Waals surface area contributed by atoms with Crippen molar-refractivity contribution in [3.63, 3.8) is 0 Å². The number of rotatable bonds is 2. The van der Waals surface area contributed by atoms with E-state index < -0.39 is 23.3 Å². The second-order valence-corrected chi connectivity index (χ2v) is 6.34. The molecule has 0 aromatic heterocycles. The predicted octanol–water partition coefficient (Wildman–Crippen LogP) is 3.60. The maximum Gasteiger partial charge on any atom is 0.418 e. The summed E-state index contributed by atoms with van der Waals surface area (Å²) in [4.78, 5) is 12.2. The van der Waals surface area contributed by atoms with Crippen LogP contribution in [0.15, 0.2) is 18.2 Å². The lowest BCUT2D eigenvalue weighted by atomic mass is 9.92. The van der Waals surface area contributed by atoms with Crippen LogP contribution in [-0.4, -0.2) is 11.9 Å². The van der Waals surface area contributed by atoms with Gasteiger partial charge in [0, 0.05) is 6.04 Å². The minimum Gasteiger partial charge on any atom is -0.398 e. The second kappa shape index (κ2) is 5.24. The zero-order chi connectivity index (χ0) is 15.8. The number of nitrogen functional groups attached to an aromatic ring is 1. The maximum atomic E-state index is 12.8. The molecule has 0 radical (unpaired) electrons. The highest BCUT2D eigenvalue weighted by Gasteiger charge is 2.35. The Morgan fingerprint density at radius 1 is 1.38 bits per heavy atom. The van der Waals surface area contributed by atoms with Crippen LogP contribution in [0.5, 0.6) is 0 Å². The topological polar surface area (TPSA) is 55.1 Å². The lowest BCUT2D eigenvalue weighted by Gasteiger charge is -2.19. The van der Waals surface area contributed by atoms with Crippen molar-refractivity contribution < 1.29 is 18.0 Å². The van der Waals surface area contributed by atoms with E-state index in [4.69, 9.17) is 5.73 Å². The van der Waals surface area contributed by atoms with E-state index in [9.17, 15) is 18.0 Å². The molecule has 2 rings (SSSR count). The van der Waals surface area contributed by atoms with Gasteiger partial charge in [0.05, 0.1) is 16.8 Å². The van der Waals surface area contributed by atoms with Crippen molar-refractivity contribution in [2.24, 2.45) is 5.41 Å². The van der Waals surface area contributed by atoms with E-state index in [2.05, 4.69) is 19.2 Å². The third-order valence-electron chi connectivity index (χ3n) is 3.96. The zero-order valence-corrected chi connectivity index (χ0v) is 12.1. The van der Waals surface area contributed by atoms with Crippen LogP contribution in [0.2, 0.25) is 0 Å². The summed E-state index contributed by atoms with van der Waals surface area (Å²) in [5.41, 5.74) is 4.07. The molecular weight excluding hydrogens is 281 g/mol. The average molecular weight is 300 g/mol. The Balaban J connectivity index is 2.17. The first kappa shape index (κ1) is 15.7. The van der Waals surface area contributed by atoms with Crippen molar-refractivity contribution in [2.75, 3.05) is 5.73 Å². The predicted molar refractivity (Wildman–Crippen MR) is 74.7 cm³/mol. The van der Waals surface area contributed by atoms with Gasteiger partial charge in [0.2, 0.25) is 0 Å². The van der Waals surface area contributed by atoms with E-state index in [1.165, 1.54) is 12.1 Å². The lowest BCUT2D eigenvalue weighted by molar-refractivity contribution is -0.136. The highest BCUT2D eigenvalue weighted by Crippen LogP contribution is 2.38. The van der Waals surface area contributed by atoms with Crippen LogP contribution in [0.3, 0.4) is 0 Å². The molecule has 0 aliphatic heterocycles. The van der Waals surface area contributed by atoms with Gasteiger partial charge in [-0.2, -0.15) is 13.2 Å². The Labute approximate surface area is 121 Å². The summed E-state index contributed by atoms with van der Waals surface area (Å²) in [7, 11) is 0. The lowest BCUT2D eigenvalue weighted by Crippen LogP contribution is -2.34. The molecule has 1 aromatic carbocycles. The van der Waals surface area contributed by atoms with Crippen molar-refractivity contribution in [1.29, 1.82) is 0 Å². The van der Waals surface area contributed by atoms with Gasteiger partial charge >= 0.3 is 6.18 Å². The fourth-order valence-electron chi connectivity index (χ4n) is 2.83. The Bertz CT molecular complexity index is 552. The molecule has 6 heteroatoms. The molecule has 1 unspecified atom stereocenters. The smallest absolute Gasteiger partial charge is 0.398 e. The molecule has 1 fully saturated rings. The van der Waals surface area contributed by atoms with Gasteiger partial charge in [0.25, 0.3) is 5.91 Å². The molecule has 1 atom stereocenters. The van der Waals surface area contributed by atoms with Crippen LogP contribution in [0.4, 0.5) is 18.9 Å². The quantitative estimate of drug-likeness (QED) is 0.820. The van der Waals surface area contributed by atoms with E-state index >= 15 is 0 Å². The van der Waals surface area contributed by atoms with Gasteiger partial charge in [-0.25, -0.2) is 0 Å². The van der Waals surface area contributed by atoms with Gasteiger partial charge in [-0.15, -0.1) is 0 Å². The second-order valence-electron chi connectivity index (χ2n) is 6.34. The number of hydrogen-bond acceptors (Lipinski definition) is 2. The number of para-hydroxylation sites is 1. The summed E-state index contributed by atoms with van der Waals surface area (Å²) in [6.45, 7) is 4.22. The molecule has 3 N–H and O–H groups in total. The molecule has 1 saturated carbocycles. The number of carbonyl (C=O) groups is 1. The van der Waals surface area contributed by atoms with Crippen LogP contribution in [-0.2, 0) is 6.18 Å². The molecule has 0 bridgehead atoms. The number of benzene rings is 1. The Morgan fingerprint density at radius 3 is 2.57 bits per heavy atom. The van der Waals surface area contributed by atoms with Gasteiger partial charge in [0.15, 0.2) is 0 Å². The molecule has 1 aliphatic rings. The number of amides is 1. The van der Waals surface area contributed by atoms with Crippen LogP contribution in [0, 0.1) is 5.41 Å². The molecule has 116 valence electrons. The molecule has 1 aliphatic carbocycles. The monoisotopic (exact) mass is 300 g/mol. The Kier molecular flexibility index (Phi) is 3.91. The molecule has 1 amide bonds. The van der Waals surface area contributed by atoms with Gasteiger partial charge in [-0.1, -0.05) is 19.9 Å². The van der Waals surface area contributed by atoms with Gasteiger partial charge in [-0.05, 0) is 36.8 Å². The first-order valence-corrected chi connectivity index (χ1v) is 6.87. The number of carbonyl (C=O) groups excluding carboxylic acids is 1. The fourth-order valence-corrected chi connectivity index (χ4v) is 2.83. The van der Waals surface area contributed by atoms with Crippen LogP contribution < -0.4 is 11.1 Å². The molecule has 3 nitrogen and oxygen atoms in total. The molecule has 0 spiro atoms. The Hall–Kier alpha value is -1.72. The van der Waals surface area contributed by atoms with Crippen LogP contribution in [0.25, 0.3) is 0 Å². The Morgan fingerprint density at radius 2 is 2.05 bits per heavy atom. The molecule has 1 aromatic rings. The zero-order valence-electron chi connectivity index (χ0n) is 12.1. The fraction of sp³-hybridized carbons (Fsp3) is 0.533. The van der Waals surface area contributed by atoms with Crippen LogP contribution >= 0.6 is 0 Å². The third-order valence-corrected chi connectivity index (χ3v) is 3.96. The maximum absolute atomic E-state index is 12.8. The SMILES string of the molecule is CC1(C)CCC(NC(=O)c2cccc(C(F)(F)F)c2N)C1. The minimum absolute atomic E-state index is 0.0126.